The molecular weight excluding hydrogens is 289 g/mol. The molecule has 1 aromatic heterocycles. The number of rotatable bonds is 4. The van der Waals surface area contributed by atoms with Crippen LogP contribution in [0.5, 0.6) is 0 Å². The second kappa shape index (κ2) is 5.59. The third kappa shape index (κ3) is 3.13. The predicted molar refractivity (Wildman–Crippen MR) is 76.5 cm³/mol. The van der Waals surface area contributed by atoms with Crippen molar-refractivity contribution < 1.29 is 18.5 Å². The van der Waals surface area contributed by atoms with Crippen LogP contribution in [-0.2, 0) is 9.59 Å². The summed E-state index contributed by atoms with van der Waals surface area (Å²) in [6.45, 7) is 1.72. The average Bonchev–Trinajstić information content (AvgIpc) is 3.17. The molecule has 1 aliphatic carbocycles. The molecule has 0 bridgehead atoms. The van der Waals surface area contributed by atoms with Gasteiger partial charge in [0.2, 0.25) is 11.8 Å². The molecule has 1 aromatic carbocycles. The summed E-state index contributed by atoms with van der Waals surface area (Å²) in [6, 6.07) is 7.23. The lowest BCUT2D eigenvalue weighted by Crippen LogP contribution is -2.20. The average molecular weight is 303 g/mol. The largest absolute Gasteiger partial charge is 0.360 e. The fourth-order valence-corrected chi connectivity index (χ4v) is 2.22. The summed E-state index contributed by atoms with van der Waals surface area (Å²) in [5.41, 5.74) is 0.378. The Morgan fingerprint density at radius 2 is 1.95 bits per heavy atom. The molecule has 2 unspecified atom stereocenters. The summed E-state index contributed by atoms with van der Waals surface area (Å²) in [5.74, 6) is -0.869. The van der Waals surface area contributed by atoms with Crippen molar-refractivity contribution in [1.82, 2.24) is 5.16 Å². The SMILES string of the molecule is Cc1cc(NC(=O)C2CC2C(=O)Nc2cccc(F)c2)no1. The van der Waals surface area contributed by atoms with Gasteiger partial charge >= 0.3 is 0 Å². The van der Waals surface area contributed by atoms with E-state index in [0.29, 0.717) is 23.7 Å². The van der Waals surface area contributed by atoms with Crippen LogP contribution in [0.4, 0.5) is 15.9 Å². The number of aryl methyl sites for hydroxylation is 1. The van der Waals surface area contributed by atoms with E-state index in [-0.39, 0.29) is 11.8 Å². The van der Waals surface area contributed by atoms with Gasteiger partial charge in [0.15, 0.2) is 5.82 Å². The van der Waals surface area contributed by atoms with E-state index in [4.69, 9.17) is 4.52 Å². The minimum atomic E-state index is -0.427. The van der Waals surface area contributed by atoms with Gasteiger partial charge < -0.3 is 15.2 Å². The van der Waals surface area contributed by atoms with Crippen LogP contribution < -0.4 is 10.6 Å². The lowest BCUT2D eigenvalue weighted by Gasteiger charge is -2.05. The van der Waals surface area contributed by atoms with Gasteiger partial charge in [0.25, 0.3) is 0 Å². The van der Waals surface area contributed by atoms with Crippen LogP contribution in [0.15, 0.2) is 34.9 Å². The zero-order valence-corrected chi connectivity index (χ0v) is 11.8. The molecule has 2 atom stereocenters. The van der Waals surface area contributed by atoms with E-state index in [1.165, 1.54) is 18.2 Å². The van der Waals surface area contributed by atoms with E-state index in [1.807, 2.05) is 0 Å². The van der Waals surface area contributed by atoms with Crippen LogP contribution in [0.1, 0.15) is 12.2 Å². The maximum atomic E-state index is 13.1. The molecule has 1 heterocycles. The number of nitrogens with one attached hydrogen (secondary N) is 2. The monoisotopic (exact) mass is 303 g/mol. The van der Waals surface area contributed by atoms with Gasteiger partial charge in [0.1, 0.15) is 11.6 Å². The molecule has 1 fully saturated rings. The molecule has 0 aliphatic heterocycles. The van der Waals surface area contributed by atoms with E-state index in [9.17, 15) is 14.0 Å². The van der Waals surface area contributed by atoms with Crippen molar-refractivity contribution in [3.05, 3.63) is 41.9 Å². The van der Waals surface area contributed by atoms with E-state index >= 15 is 0 Å². The Hall–Kier alpha value is -2.70. The first kappa shape index (κ1) is 14.2. The molecule has 0 spiro atoms. The van der Waals surface area contributed by atoms with E-state index < -0.39 is 17.7 Å². The first-order chi connectivity index (χ1) is 10.5. The van der Waals surface area contributed by atoms with Crippen LogP contribution >= 0.6 is 0 Å². The van der Waals surface area contributed by atoms with E-state index in [0.717, 1.165) is 0 Å². The number of hydrogen-bond donors (Lipinski definition) is 2. The number of halogens is 1. The zero-order valence-electron chi connectivity index (χ0n) is 11.8. The number of aromatic nitrogens is 1. The lowest BCUT2D eigenvalue weighted by atomic mass is 10.2. The maximum absolute atomic E-state index is 13.1. The molecule has 22 heavy (non-hydrogen) atoms. The summed E-state index contributed by atoms with van der Waals surface area (Å²) in [5, 5.41) is 8.87. The van der Waals surface area contributed by atoms with Crippen molar-refractivity contribution in [2.45, 2.75) is 13.3 Å². The summed E-state index contributed by atoms with van der Waals surface area (Å²) >= 11 is 0. The predicted octanol–water partition coefficient (Wildman–Crippen LogP) is 2.34. The van der Waals surface area contributed by atoms with Gasteiger partial charge in [-0.1, -0.05) is 11.2 Å². The Kier molecular flexibility index (Phi) is 3.62. The highest BCUT2D eigenvalue weighted by molar-refractivity contribution is 6.02. The zero-order chi connectivity index (χ0) is 15.7. The number of anilines is 2. The first-order valence-corrected chi connectivity index (χ1v) is 6.83. The highest BCUT2D eigenvalue weighted by Crippen LogP contribution is 2.40. The second-order valence-corrected chi connectivity index (χ2v) is 5.26. The van der Waals surface area contributed by atoms with Crippen molar-refractivity contribution >= 4 is 23.3 Å². The van der Waals surface area contributed by atoms with Crippen molar-refractivity contribution in [2.75, 3.05) is 10.6 Å². The number of hydrogen-bond acceptors (Lipinski definition) is 4. The van der Waals surface area contributed by atoms with E-state index in [2.05, 4.69) is 15.8 Å². The summed E-state index contributed by atoms with van der Waals surface area (Å²) in [7, 11) is 0. The third-order valence-electron chi connectivity index (χ3n) is 3.44. The fourth-order valence-electron chi connectivity index (χ4n) is 2.22. The molecule has 2 N–H and O–H groups in total. The van der Waals surface area contributed by atoms with Crippen LogP contribution in [0.2, 0.25) is 0 Å². The molecular formula is C15H14FN3O3. The minimum absolute atomic E-state index is 0.271. The second-order valence-electron chi connectivity index (χ2n) is 5.26. The molecule has 3 rings (SSSR count). The number of benzene rings is 1. The lowest BCUT2D eigenvalue weighted by molar-refractivity contribution is -0.122. The highest BCUT2D eigenvalue weighted by Gasteiger charge is 2.48. The van der Waals surface area contributed by atoms with Crippen LogP contribution in [0.25, 0.3) is 0 Å². The Bertz CT molecular complexity index is 728. The molecule has 6 nitrogen and oxygen atoms in total. The maximum Gasteiger partial charge on any atom is 0.229 e. The quantitative estimate of drug-likeness (QED) is 0.908. The number of carbonyl (C=O) groups is 2. The number of amides is 2. The number of nitrogens with zero attached hydrogens (tertiary/aromatic N) is 1. The van der Waals surface area contributed by atoms with Gasteiger partial charge in [-0.15, -0.1) is 0 Å². The van der Waals surface area contributed by atoms with Crippen LogP contribution in [-0.4, -0.2) is 17.0 Å². The van der Waals surface area contributed by atoms with Gasteiger partial charge in [-0.05, 0) is 31.5 Å². The molecule has 2 amide bonds. The smallest absolute Gasteiger partial charge is 0.229 e. The molecule has 114 valence electrons. The standard InChI is InChI=1S/C15H14FN3O3/c1-8-5-13(19-22-8)18-15(21)12-7-11(12)14(20)17-10-4-2-3-9(16)6-10/h2-6,11-12H,7H2,1H3,(H,17,20)(H,18,19,21). The normalized spacial score (nSPS) is 19.5. The van der Waals surface area contributed by atoms with Gasteiger partial charge in [0.05, 0.1) is 11.8 Å². The Balaban J connectivity index is 1.55. The third-order valence-corrected chi connectivity index (χ3v) is 3.44. The summed E-state index contributed by atoms with van der Waals surface area (Å²) in [4.78, 5) is 24.0. The topological polar surface area (TPSA) is 84.2 Å². The van der Waals surface area contributed by atoms with Crippen LogP contribution in [0, 0.1) is 24.6 Å². The Morgan fingerprint density at radius 1 is 1.23 bits per heavy atom. The van der Waals surface area contributed by atoms with Crippen LogP contribution in [0.3, 0.4) is 0 Å². The summed E-state index contributed by atoms with van der Waals surface area (Å²) in [6.07, 6.45) is 0.462. The van der Waals surface area contributed by atoms with Crippen molar-refractivity contribution in [3.8, 4) is 0 Å². The fraction of sp³-hybridized carbons (Fsp3) is 0.267. The van der Waals surface area contributed by atoms with E-state index in [1.54, 1.807) is 19.1 Å². The van der Waals surface area contributed by atoms with Gasteiger partial charge in [-0.3, -0.25) is 9.59 Å². The molecule has 0 saturated heterocycles. The molecule has 2 aromatic rings. The Labute approximate surface area is 125 Å². The molecule has 7 heteroatoms. The highest BCUT2D eigenvalue weighted by atomic mass is 19.1. The van der Waals surface area contributed by atoms with Gasteiger partial charge in [-0.25, -0.2) is 4.39 Å². The first-order valence-electron chi connectivity index (χ1n) is 6.83. The molecule has 1 aliphatic rings. The summed E-state index contributed by atoms with van der Waals surface area (Å²) < 4.78 is 17.9. The van der Waals surface area contributed by atoms with Crippen molar-refractivity contribution in [2.24, 2.45) is 11.8 Å². The van der Waals surface area contributed by atoms with Crippen molar-refractivity contribution in [3.63, 3.8) is 0 Å². The molecule has 1 saturated carbocycles. The molecule has 0 radical (unpaired) electrons. The van der Waals surface area contributed by atoms with Gasteiger partial charge in [0, 0.05) is 11.8 Å². The Morgan fingerprint density at radius 3 is 2.59 bits per heavy atom. The number of carbonyl (C=O) groups excluding carboxylic acids is 2. The van der Waals surface area contributed by atoms with Gasteiger partial charge in [-0.2, -0.15) is 0 Å². The minimum Gasteiger partial charge on any atom is -0.360 e. The van der Waals surface area contributed by atoms with Crippen molar-refractivity contribution in [1.29, 1.82) is 0 Å².